The Morgan fingerprint density at radius 3 is 2.59 bits per heavy atom. The molecular formula is C14H28ClN3O3S. The van der Waals surface area contributed by atoms with E-state index in [1.54, 1.807) is 0 Å². The molecule has 0 spiro atoms. The summed E-state index contributed by atoms with van der Waals surface area (Å²) in [7, 11) is -3.31. The summed E-state index contributed by atoms with van der Waals surface area (Å²) in [5.41, 5.74) is 5.70. The van der Waals surface area contributed by atoms with Crippen LogP contribution in [0.3, 0.4) is 0 Å². The minimum atomic E-state index is -3.31. The first-order chi connectivity index (χ1) is 9.90. The second-order valence-electron chi connectivity index (χ2n) is 6.26. The maximum atomic E-state index is 12.8. The summed E-state index contributed by atoms with van der Waals surface area (Å²) in [6.45, 7) is 5.58. The van der Waals surface area contributed by atoms with Crippen LogP contribution in [-0.4, -0.2) is 61.0 Å². The molecule has 2 N–H and O–H groups in total. The van der Waals surface area contributed by atoms with Crippen LogP contribution in [0.1, 0.15) is 39.5 Å². The molecule has 22 heavy (non-hydrogen) atoms. The quantitative estimate of drug-likeness (QED) is 0.792. The van der Waals surface area contributed by atoms with Gasteiger partial charge in [0.1, 0.15) is 6.04 Å². The molecule has 3 unspecified atom stereocenters. The first kappa shape index (κ1) is 19.7. The first-order valence-corrected chi connectivity index (χ1v) is 9.51. The molecule has 6 nitrogen and oxygen atoms in total. The van der Waals surface area contributed by atoms with Crippen molar-refractivity contribution >= 4 is 28.3 Å². The highest BCUT2D eigenvalue weighted by Crippen LogP contribution is 2.28. The van der Waals surface area contributed by atoms with E-state index in [-0.39, 0.29) is 30.1 Å². The summed E-state index contributed by atoms with van der Waals surface area (Å²) in [5, 5.41) is 0. The lowest BCUT2D eigenvalue weighted by atomic mass is 10.1. The van der Waals surface area contributed by atoms with Gasteiger partial charge in [0.2, 0.25) is 15.9 Å². The van der Waals surface area contributed by atoms with Gasteiger partial charge in [-0.05, 0) is 45.1 Å². The number of sulfonamides is 1. The molecule has 0 aromatic carbocycles. The average Bonchev–Trinajstić information content (AvgIpc) is 3.04. The molecule has 2 aliphatic heterocycles. The third-order valence-electron chi connectivity index (χ3n) is 4.59. The Hall–Kier alpha value is -0.370. The van der Waals surface area contributed by atoms with Crippen molar-refractivity contribution in [1.29, 1.82) is 0 Å². The molecule has 2 heterocycles. The van der Waals surface area contributed by atoms with Gasteiger partial charge in [0, 0.05) is 19.1 Å². The molecule has 2 rings (SSSR count). The maximum Gasteiger partial charge on any atom is 0.241 e. The lowest BCUT2D eigenvalue weighted by molar-refractivity contribution is -0.135. The van der Waals surface area contributed by atoms with Crippen molar-refractivity contribution in [2.75, 3.05) is 25.4 Å². The van der Waals surface area contributed by atoms with Crippen molar-refractivity contribution in [2.24, 2.45) is 11.7 Å². The number of hydrogen-bond donors (Lipinski definition) is 1. The fourth-order valence-electron chi connectivity index (χ4n) is 3.51. The number of halogens is 1. The largest absolute Gasteiger partial charge is 0.338 e. The SMILES string of the molecule is CCCS(=O)(=O)N1CCCC1C(=O)N1CC(CN)CC1C.Cl. The molecule has 0 aromatic heterocycles. The van der Waals surface area contributed by atoms with Crippen LogP contribution in [0.15, 0.2) is 0 Å². The smallest absolute Gasteiger partial charge is 0.241 e. The molecule has 0 bridgehead atoms. The molecule has 1 amide bonds. The van der Waals surface area contributed by atoms with Crippen LogP contribution in [0, 0.1) is 5.92 Å². The number of nitrogens with zero attached hydrogens (tertiary/aromatic N) is 2. The Morgan fingerprint density at radius 2 is 2.05 bits per heavy atom. The molecule has 0 saturated carbocycles. The molecule has 0 aliphatic carbocycles. The Labute approximate surface area is 139 Å². The van der Waals surface area contributed by atoms with E-state index in [0.29, 0.717) is 38.4 Å². The molecule has 3 atom stereocenters. The predicted octanol–water partition coefficient (Wildman–Crippen LogP) is 0.808. The van der Waals surface area contributed by atoms with Gasteiger partial charge in [0.25, 0.3) is 0 Å². The normalized spacial score (nSPS) is 29.6. The molecule has 0 radical (unpaired) electrons. The summed E-state index contributed by atoms with van der Waals surface area (Å²) in [4.78, 5) is 14.6. The highest BCUT2D eigenvalue weighted by Gasteiger charge is 2.42. The van der Waals surface area contributed by atoms with Gasteiger partial charge in [-0.1, -0.05) is 6.92 Å². The van der Waals surface area contributed by atoms with E-state index >= 15 is 0 Å². The zero-order valence-corrected chi connectivity index (χ0v) is 15.0. The third kappa shape index (κ3) is 3.93. The lowest BCUT2D eigenvalue weighted by Crippen LogP contribution is -2.49. The minimum Gasteiger partial charge on any atom is -0.338 e. The molecular weight excluding hydrogens is 326 g/mol. The van der Waals surface area contributed by atoms with E-state index in [0.717, 1.165) is 12.8 Å². The van der Waals surface area contributed by atoms with Crippen molar-refractivity contribution < 1.29 is 13.2 Å². The van der Waals surface area contributed by atoms with E-state index in [4.69, 9.17) is 5.73 Å². The maximum absolute atomic E-state index is 12.8. The zero-order chi connectivity index (χ0) is 15.6. The van der Waals surface area contributed by atoms with Gasteiger partial charge in [0.15, 0.2) is 0 Å². The van der Waals surface area contributed by atoms with Gasteiger partial charge >= 0.3 is 0 Å². The van der Waals surface area contributed by atoms with Gasteiger partial charge in [0.05, 0.1) is 5.75 Å². The lowest BCUT2D eigenvalue weighted by Gasteiger charge is -2.29. The number of rotatable bonds is 5. The Kier molecular flexibility index (Phi) is 7.11. The number of carbonyl (C=O) groups is 1. The first-order valence-electron chi connectivity index (χ1n) is 7.90. The van der Waals surface area contributed by atoms with Crippen molar-refractivity contribution in [1.82, 2.24) is 9.21 Å². The second kappa shape index (κ2) is 7.95. The van der Waals surface area contributed by atoms with E-state index in [1.165, 1.54) is 4.31 Å². The number of nitrogens with two attached hydrogens (primary N) is 1. The van der Waals surface area contributed by atoms with Crippen molar-refractivity contribution in [2.45, 2.75) is 51.6 Å². The Morgan fingerprint density at radius 1 is 1.36 bits per heavy atom. The Balaban J connectivity index is 0.00000242. The monoisotopic (exact) mass is 353 g/mol. The van der Waals surface area contributed by atoms with Gasteiger partial charge in [-0.3, -0.25) is 4.79 Å². The van der Waals surface area contributed by atoms with Crippen LogP contribution in [0.25, 0.3) is 0 Å². The topological polar surface area (TPSA) is 83.7 Å². The average molecular weight is 354 g/mol. The predicted molar refractivity (Wildman–Crippen MR) is 89.4 cm³/mol. The molecule has 130 valence electrons. The number of hydrogen-bond acceptors (Lipinski definition) is 4. The summed E-state index contributed by atoms with van der Waals surface area (Å²) in [5.74, 6) is 0.430. The van der Waals surface area contributed by atoms with Crippen LogP contribution in [0.4, 0.5) is 0 Å². The fourth-order valence-corrected chi connectivity index (χ4v) is 5.25. The second-order valence-corrected chi connectivity index (χ2v) is 8.30. The number of carbonyl (C=O) groups excluding carboxylic acids is 1. The highest BCUT2D eigenvalue weighted by molar-refractivity contribution is 7.89. The summed E-state index contributed by atoms with van der Waals surface area (Å²) in [6, 6.07) is -0.345. The van der Waals surface area contributed by atoms with Crippen LogP contribution in [-0.2, 0) is 14.8 Å². The van der Waals surface area contributed by atoms with Crippen molar-refractivity contribution in [3.63, 3.8) is 0 Å². The highest BCUT2D eigenvalue weighted by atomic mass is 35.5. The molecule has 2 aliphatic rings. The van der Waals surface area contributed by atoms with Crippen LogP contribution in [0.5, 0.6) is 0 Å². The fraction of sp³-hybridized carbons (Fsp3) is 0.929. The van der Waals surface area contributed by atoms with E-state index < -0.39 is 16.1 Å². The zero-order valence-electron chi connectivity index (χ0n) is 13.4. The van der Waals surface area contributed by atoms with Gasteiger partial charge < -0.3 is 10.6 Å². The molecule has 2 saturated heterocycles. The standard InChI is InChI=1S/C14H27N3O3S.ClH/c1-3-7-21(19,20)17-6-4-5-13(17)14(18)16-10-12(9-15)8-11(16)2;/h11-13H,3-10,15H2,1-2H3;1H. The van der Waals surface area contributed by atoms with Gasteiger partial charge in [-0.2, -0.15) is 4.31 Å². The summed E-state index contributed by atoms with van der Waals surface area (Å²) >= 11 is 0. The van der Waals surface area contributed by atoms with Crippen LogP contribution < -0.4 is 5.73 Å². The van der Waals surface area contributed by atoms with E-state index in [1.807, 2.05) is 18.7 Å². The van der Waals surface area contributed by atoms with E-state index in [2.05, 4.69) is 0 Å². The van der Waals surface area contributed by atoms with Crippen molar-refractivity contribution in [3.05, 3.63) is 0 Å². The van der Waals surface area contributed by atoms with Gasteiger partial charge in [-0.15, -0.1) is 12.4 Å². The summed E-state index contributed by atoms with van der Waals surface area (Å²) in [6.07, 6.45) is 2.89. The van der Waals surface area contributed by atoms with Crippen LogP contribution in [0.2, 0.25) is 0 Å². The summed E-state index contributed by atoms with van der Waals surface area (Å²) < 4.78 is 26.0. The van der Waals surface area contributed by atoms with Crippen molar-refractivity contribution in [3.8, 4) is 0 Å². The third-order valence-corrected chi connectivity index (χ3v) is 6.66. The molecule has 8 heteroatoms. The minimum absolute atomic E-state index is 0. The van der Waals surface area contributed by atoms with Gasteiger partial charge in [-0.25, -0.2) is 8.42 Å². The van der Waals surface area contributed by atoms with E-state index in [9.17, 15) is 13.2 Å². The number of likely N-dealkylation sites (tertiary alicyclic amines) is 1. The number of amides is 1. The Bertz CT molecular complexity index is 486. The molecule has 0 aromatic rings. The van der Waals surface area contributed by atoms with Crippen LogP contribution >= 0.6 is 12.4 Å². The molecule has 2 fully saturated rings.